The van der Waals surface area contributed by atoms with Gasteiger partial charge in [0.2, 0.25) is 0 Å². The van der Waals surface area contributed by atoms with Crippen molar-refractivity contribution < 1.29 is 17.6 Å². The molecule has 0 radical (unpaired) electrons. The molecule has 0 heterocycles. The molecular formula is C16H28F4N2. The maximum atomic E-state index is 13.2. The highest BCUT2D eigenvalue weighted by Gasteiger charge is 2.41. The number of allylic oxidation sites excluding steroid dienone is 2. The molecule has 1 atom stereocenters. The third kappa shape index (κ3) is 7.58. The molecule has 130 valence electrons. The normalized spacial score (nSPS) is 19.3. The Morgan fingerprint density at radius 3 is 2.45 bits per heavy atom. The fourth-order valence-corrected chi connectivity index (χ4v) is 2.46. The average Bonchev–Trinajstić information content (AvgIpc) is 3.19. The lowest BCUT2D eigenvalue weighted by atomic mass is 10.1. The van der Waals surface area contributed by atoms with Crippen molar-refractivity contribution in [2.24, 2.45) is 0 Å². The Bertz CT molecular complexity index is 349. The number of hydrogen-bond donors (Lipinski definition) is 2. The Kier molecular flexibility index (Phi) is 7.83. The summed E-state index contributed by atoms with van der Waals surface area (Å²) in [5.41, 5.74) is 0.0914. The zero-order valence-electron chi connectivity index (χ0n) is 13.5. The molecule has 0 amide bonds. The Labute approximate surface area is 130 Å². The van der Waals surface area contributed by atoms with Crippen molar-refractivity contribution in [3.8, 4) is 0 Å². The topological polar surface area (TPSA) is 24.1 Å². The van der Waals surface area contributed by atoms with E-state index in [2.05, 4.69) is 10.6 Å². The van der Waals surface area contributed by atoms with E-state index in [9.17, 15) is 17.6 Å². The van der Waals surface area contributed by atoms with Crippen LogP contribution in [0, 0.1) is 0 Å². The van der Waals surface area contributed by atoms with Gasteiger partial charge in [-0.1, -0.05) is 13.0 Å². The summed E-state index contributed by atoms with van der Waals surface area (Å²) in [5, 5.41) is 5.95. The van der Waals surface area contributed by atoms with Crippen LogP contribution in [0.25, 0.3) is 0 Å². The molecular weight excluding hydrogens is 296 g/mol. The molecule has 1 rings (SSSR count). The number of rotatable bonds is 11. The zero-order chi connectivity index (χ0) is 16.6. The van der Waals surface area contributed by atoms with Crippen LogP contribution in [0.15, 0.2) is 11.9 Å². The van der Waals surface area contributed by atoms with Gasteiger partial charge in [0.25, 0.3) is 0 Å². The molecule has 1 saturated carbocycles. The van der Waals surface area contributed by atoms with Crippen LogP contribution < -0.4 is 10.6 Å². The lowest BCUT2D eigenvalue weighted by molar-refractivity contribution is -0.151. The minimum absolute atomic E-state index is 0.0560. The van der Waals surface area contributed by atoms with Gasteiger partial charge in [-0.15, -0.1) is 0 Å². The first kappa shape index (κ1) is 19.4. The lowest BCUT2D eigenvalue weighted by Gasteiger charge is -2.20. The van der Waals surface area contributed by atoms with E-state index in [1.165, 1.54) is 0 Å². The molecule has 2 nitrogen and oxygen atoms in total. The Morgan fingerprint density at radius 2 is 1.91 bits per heavy atom. The van der Waals surface area contributed by atoms with E-state index < -0.39 is 12.2 Å². The molecule has 0 aromatic heterocycles. The molecule has 1 fully saturated rings. The van der Waals surface area contributed by atoms with Gasteiger partial charge in [-0.25, -0.2) is 4.39 Å². The van der Waals surface area contributed by atoms with Crippen molar-refractivity contribution in [3.63, 3.8) is 0 Å². The minimum atomic E-state index is -4.18. The van der Waals surface area contributed by atoms with Crippen LogP contribution >= 0.6 is 0 Å². The third-order valence-corrected chi connectivity index (χ3v) is 4.15. The summed E-state index contributed by atoms with van der Waals surface area (Å²) in [4.78, 5) is 0. The average molecular weight is 324 g/mol. The van der Waals surface area contributed by atoms with Crippen molar-refractivity contribution in [2.75, 3.05) is 13.1 Å². The highest BCUT2D eigenvalue weighted by atomic mass is 19.4. The van der Waals surface area contributed by atoms with Crippen LogP contribution in [0.2, 0.25) is 0 Å². The minimum Gasteiger partial charge on any atom is -0.311 e. The second-order valence-corrected chi connectivity index (χ2v) is 6.19. The molecule has 0 saturated heterocycles. The van der Waals surface area contributed by atoms with Crippen molar-refractivity contribution in [3.05, 3.63) is 11.9 Å². The molecule has 22 heavy (non-hydrogen) atoms. The molecule has 0 aromatic carbocycles. The van der Waals surface area contributed by atoms with E-state index >= 15 is 0 Å². The van der Waals surface area contributed by atoms with Crippen LogP contribution in [-0.4, -0.2) is 30.8 Å². The first-order valence-electron chi connectivity index (χ1n) is 8.19. The molecule has 1 aliphatic carbocycles. The quantitative estimate of drug-likeness (QED) is 0.433. The molecule has 0 bridgehead atoms. The molecule has 2 N–H and O–H groups in total. The first-order chi connectivity index (χ1) is 10.3. The standard InChI is InChI=1S/C16H28F4N2/c1-3-6-14(17)7-4-12-22-15(9-10-15)8-5-11-21-13(2)16(18,19)20/h6,13,21-22H,3-5,7-12H2,1-2H3/b14-6-. The van der Waals surface area contributed by atoms with Crippen molar-refractivity contribution in [1.29, 1.82) is 0 Å². The van der Waals surface area contributed by atoms with E-state index in [0.29, 0.717) is 19.4 Å². The Balaban J connectivity index is 2.09. The largest absolute Gasteiger partial charge is 0.403 e. The number of halogens is 4. The van der Waals surface area contributed by atoms with Gasteiger partial charge in [-0.3, -0.25) is 0 Å². The summed E-state index contributed by atoms with van der Waals surface area (Å²) < 4.78 is 50.2. The Morgan fingerprint density at radius 1 is 1.23 bits per heavy atom. The van der Waals surface area contributed by atoms with E-state index in [-0.39, 0.29) is 11.4 Å². The van der Waals surface area contributed by atoms with Gasteiger partial charge in [-0.05, 0) is 58.5 Å². The molecule has 1 unspecified atom stereocenters. The number of alkyl halides is 3. The van der Waals surface area contributed by atoms with Gasteiger partial charge in [0, 0.05) is 12.0 Å². The van der Waals surface area contributed by atoms with Gasteiger partial charge in [0.05, 0.1) is 5.83 Å². The van der Waals surface area contributed by atoms with Crippen LogP contribution in [0.3, 0.4) is 0 Å². The van der Waals surface area contributed by atoms with Crippen molar-refractivity contribution in [2.45, 2.75) is 76.6 Å². The monoisotopic (exact) mass is 324 g/mol. The van der Waals surface area contributed by atoms with E-state index in [1.54, 1.807) is 6.08 Å². The van der Waals surface area contributed by atoms with Crippen LogP contribution in [0.5, 0.6) is 0 Å². The summed E-state index contributed by atoms with van der Waals surface area (Å²) >= 11 is 0. The fraction of sp³-hybridized carbons (Fsp3) is 0.875. The molecule has 0 spiro atoms. The van der Waals surface area contributed by atoms with Gasteiger partial charge in [0.1, 0.15) is 6.04 Å². The second-order valence-electron chi connectivity index (χ2n) is 6.19. The lowest BCUT2D eigenvalue weighted by Crippen LogP contribution is -2.40. The number of hydrogen-bond acceptors (Lipinski definition) is 2. The maximum Gasteiger partial charge on any atom is 0.403 e. The highest BCUT2D eigenvalue weighted by molar-refractivity contribution is 5.02. The van der Waals surface area contributed by atoms with E-state index in [1.807, 2.05) is 6.92 Å². The predicted octanol–water partition coefficient (Wildman–Crippen LogP) is 4.47. The SMILES string of the molecule is CC/C=C(\F)CCCNC1(CCCNC(C)C(F)(F)F)CC1. The van der Waals surface area contributed by atoms with Gasteiger partial charge < -0.3 is 10.6 Å². The summed E-state index contributed by atoms with van der Waals surface area (Å²) in [5.74, 6) is -0.0560. The van der Waals surface area contributed by atoms with Gasteiger partial charge in [-0.2, -0.15) is 13.2 Å². The van der Waals surface area contributed by atoms with E-state index in [0.717, 1.165) is 45.6 Å². The second kappa shape index (κ2) is 8.87. The smallest absolute Gasteiger partial charge is 0.311 e. The molecule has 0 aromatic rings. The van der Waals surface area contributed by atoms with Crippen molar-refractivity contribution >= 4 is 0 Å². The van der Waals surface area contributed by atoms with Gasteiger partial charge >= 0.3 is 6.18 Å². The highest BCUT2D eigenvalue weighted by Crippen LogP contribution is 2.39. The summed E-state index contributed by atoms with van der Waals surface area (Å²) in [6.07, 6.45) is 3.08. The Hall–Kier alpha value is -0.620. The fourth-order valence-electron chi connectivity index (χ4n) is 2.46. The van der Waals surface area contributed by atoms with Crippen LogP contribution in [0.1, 0.15) is 58.8 Å². The maximum absolute atomic E-state index is 13.2. The number of nitrogens with one attached hydrogen (secondary N) is 2. The summed E-state index contributed by atoms with van der Waals surface area (Å²) in [6.45, 7) is 4.18. The molecule has 0 aliphatic heterocycles. The molecule has 6 heteroatoms. The van der Waals surface area contributed by atoms with Crippen LogP contribution in [0.4, 0.5) is 17.6 Å². The summed E-state index contributed by atoms with van der Waals surface area (Å²) in [6, 6.07) is -1.45. The first-order valence-corrected chi connectivity index (χ1v) is 8.19. The van der Waals surface area contributed by atoms with Gasteiger partial charge in [0.15, 0.2) is 0 Å². The zero-order valence-corrected chi connectivity index (χ0v) is 13.5. The molecule has 1 aliphatic rings. The van der Waals surface area contributed by atoms with Crippen LogP contribution in [-0.2, 0) is 0 Å². The predicted molar refractivity (Wildman–Crippen MR) is 81.4 cm³/mol. The third-order valence-electron chi connectivity index (χ3n) is 4.15. The van der Waals surface area contributed by atoms with Crippen molar-refractivity contribution in [1.82, 2.24) is 10.6 Å². The summed E-state index contributed by atoms with van der Waals surface area (Å²) in [7, 11) is 0. The van der Waals surface area contributed by atoms with E-state index in [4.69, 9.17) is 0 Å².